The zero-order valence-electron chi connectivity index (χ0n) is 12.0. The van der Waals surface area contributed by atoms with E-state index < -0.39 is 28.9 Å². The van der Waals surface area contributed by atoms with Crippen LogP contribution in [0.5, 0.6) is 0 Å². The van der Waals surface area contributed by atoms with Gasteiger partial charge in [-0.2, -0.15) is 0 Å². The molecular weight excluding hydrogens is 299 g/mol. The second kappa shape index (κ2) is 6.78. The fourth-order valence-electron chi connectivity index (χ4n) is 2.19. The van der Waals surface area contributed by atoms with Crippen LogP contribution < -0.4 is 5.32 Å². The van der Waals surface area contributed by atoms with Gasteiger partial charge in [0.25, 0.3) is 5.91 Å². The van der Waals surface area contributed by atoms with Crippen LogP contribution in [0.4, 0.5) is 13.2 Å². The maximum atomic E-state index is 13.6. The molecule has 0 aromatic heterocycles. The summed E-state index contributed by atoms with van der Waals surface area (Å²) in [5.41, 5.74) is -0.602. The maximum Gasteiger partial charge on any atom is 0.257 e. The Bertz CT molecular complexity index is 589. The zero-order chi connectivity index (χ0) is 16.3. The first-order valence-electron chi connectivity index (χ1n) is 6.79. The van der Waals surface area contributed by atoms with E-state index >= 15 is 0 Å². The number of benzene rings is 1. The second-order valence-electron chi connectivity index (χ2n) is 5.01. The third-order valence-corrected chi connectivity index (χ3v) is 3.45. The van der Waals surface area contributed by atoms with Gasteiger partial charge in [-0.25, -0.2) is 13.2 Å². The van der Waals surface area contributed by atoms with Crippen molar-refractivity contribution in [2.45, 2.75) is 0 Å². The number of hydrogen-bond acceptors (Lipinski definition) is 3. The van der Waals surface area contributed by atoms with Crippen molar-refractivity contribution in [1.82, 2.24) is 15.1 Å². The molecule has 5 nitrogen and oxygen atoms in total. The van der Waals surface area contributed by atoms with Crippen LogP contribution in [-0.4, -0.2) is 61.4 Å². The first-order chi connectivity index (χ1) is 10.4. The highest BCUT2D eigenvalue weighted by atomic mass is 19.2. The molecule has 0 spiro atoms. The Balaban J connectivity index is 2.06. The van der Waals surface area contributed by atoms with Crippen LogP contribution in [-0.2, 0) is 4.79 Å². The molecule has 1 fully saturated rings. The number of likely N-dealkylation sites (N-methyl/N-ethyl adjacent to an activating group) is 1. The number of rotatable bonds is 3. The summed E-state index contributed by atoms with van der Waals surface area (Å²) in [4.78, 5) is 26.7. The molecule has 120 valence electrons. The molecule has 0 radical (unpaired) electrons. The van der Waals surface area contributed by atoms with Gasteiger partial charge in [0.2, 0.25) is 5.91 Å². The van der Waals surface area contributed by atoms with Gasteiger partial charge in [-0.1, -0.05) is 0 Å². The molecule has 1 aromatic carbocycles. The molecule has 2 amide bonds. The number of nitrogens with zero attached hydrogens (tertiary/aromatic N) is 2. The van der Waals surface area contributed by atoms with E-state index in [2.05, 4.69) is 5.32 Å². The van der Waals surface area contributed by atoms with Crippen LogP contribution in [0.2, 0.25) is 0 Å². The largest absolute Gasteiger partial charge is 0.339 e. The molecular formula is C14H16F3N3O2. The van der Waals surface area contributed by atoms with Crippen molar-refractivity contribution in [1.29, 1.82) is 0 Å². The lowest BCUT2D eigenvalue weighted by atomic mass is 10.1. The second-order valence-corrected chi connectivity index (χ2v) is 5.01. The van der Waals surface area contributed by atoms with Gasteiger partial charge in [-0.15, -0.1) is 0 Å². The van der Waals surface area contributed by atoms with Crippen molar-refractivity contribution < 1.29 is 22.8 Å². The monoisotopic (exact) mass is 315 g/mol. The number of carbonyl (C=O) groups excluding carboxylic acids is 2. The first kappa shape index (κ1) is 16.3. The number of piperazine rings is 1. The van der Waals surface area contributed by atoms with Crippen molar-refractivity contribution in [2.75, 3.05) is 39.8 Å². The summed E-state index contributed by atoms with van der Waals surface area (Å²) in [7, 11) is 1.31. The highest BCUT2D eigenvalue weighted by molar-refractivity contribution is 5.96. The minimum absolute atomic E-state index is 0.253. The Morgan fingerprint density at radius 2 is 1.82 bits per heavy atom. The summed E-state index contributed by atoms with van der Waals surface area (Å²) in [5.74, 6) is -5.77. The van der Waals surface area contributed by atoms with E-state index in [1.54, 1.807) is 4.90 Å². The van der Waals surface area contributed by atoms with Gasteiger partial charge in [0, 0.05) is 33.2 Å². The fraction of sp³-hybridized carbons (Fsp3) is 0.429. The minimum atomic E-state index is -1.70. The molecule has 0 aliphatic carbocycles. The Labute approximate surface area is 125 Å². The topological polar surface area (TPSA) is 52.7 Å². The number of nitrogens with one attached hydrogen (secondary N) is 1. The van der Waals surface area contributed by atoms with E-state index in [1.165, 1.54) is 7.05 Å². The molecule has 1 saturated heterocycles. The summed E-state index contributed by atoms with van der Waals surface area (Å²) >= 11 is 0. The molecule has 1 aliphatic heterocycles. The molecule has 8 heteroatoms. The molecule has 2 rings (SSSR count). The fourth-order valence-corrected chi connectivity index (χ4v) is 2.19. The molecule has 1 N–H and O–H groups in total. The van der Waals surface area contributed by atoms with E-state index in [4.69, 9.17) is 0 Å². The van der Waals surface area contributed by atoms with Crippen molar-refractivity contribution in [2.24, 2.45) is 0 Å². The minimum Gasteiger partial charge on any atom is -0.339 e. The molecule has 0 bridgehead atoms. The molecule has 0 unspecified atom stereocenters. The molecule has 1 aliphatic rings. The lowest BCUT2D eigenvalue weighted by molar-refractivity contribution is -0.132. The molecule has 0 atom stereocenters. The van der Waals surface area contributed by atoms with Gasteiger partial charge in [0.05, 0.1) is 12.1 Å². The highest BCUT2D eigenvalue weighted by Crippen LogP contribution is 2.16. The summed E-state index contributed by atoms with van der Waals surface area (Å²) in [6.45, 7) is 2.14. The first-order valence-corrected chi connectivity index (χ1v) is 6.79. The molecule has 1 heterocycles. The number of amides is 2. The smallest absolute Gasteiger partial charge is 0.257 e. The van der Waals surface area contributed by atoms with E-state index in [-0.39, 0.29) is 12.5 Å². The quantitative estimate of drug-likeness (QED) is 0.832. The van der Waals surface area contributed by atoms with Gasteiger partial charge in [-0.3, -0.25) is 9.59 Å². The lowest BCUT2D eigenvalue weighted by Gasteiger charge is -2.29. The average Bonchev–Trinajstić information content (AvgIpc) is 2.53. The van der Waals surface area contributed by atoms with Gasteiger partial charge in [0.15, 0.2) is 17.5 Å². The van der Waals surface area contributed by atoms with E-state index in [0.29, 0.717) is 32.2 Å². The van der Waals surface area contributed by atoms with Gasteiger partial charge in [0.1, 0.15) is 0 Å². The van der Waals surface area contributed by atoms with Gasteiger partial charge in [-0.05, 0) is 12.1 Å². The van der Waals surface area contributed by atoms with Crippen LogP contribution in [0, 0.1) is 17.5 Å². The lowest BCUT2D eigenvalue weighted by Crippen LogP contribution is -2.49. The molecule has 0 saturated carbocycles. The third kappa shape index (κ3) is 3.38. The number of hydrogen-bond donors (Lipinski definition) is 1. The normalized spacial score (nSPS) is 14.8. The Morgan fingerprint density at radius 3 is 2.45 bits per heavy atom. The Kier molecular flexibility index (Phi) is 5.02. The number of carbonyl (C=O) groups is 2. The summed E-state index contributed by atoms with van der Waals surface area (Å²) in [6.07, 6.45) is 0. The van der Waals surface area contributed by atoms with E-state index in [0.717, 1.165) is 11.0 Å². The predicted octanol–water partition coefficient (Wildman–Crippen LogP) is 0.608. The van der Waals surface area contributed by atoms with Crippen LogP contribution in [0.3, 0.4) is 0 Å². The summed E-state index contributed by atoms with van der Waals surface area (Å²) < 4.78 is 39.6. The average molecular weight is 315 g/mol. The Morgan fingerprint density at radius 1 is 1.18 bits per heavy atom. The third-order valence-electron chi connectivity index (χ3n) is 3.45. The number of halogens is 3. The van der Waals surface area contributed by atoms with Gasteiger partial charge >= 0.3 is 0 Å². The van der Waals surface area contributed by atoms with Crippen molar-refractivity contribution in [3.8, 4) is 0 Å². The zero-order valence-corrected chi connectivity index (χ0v) is 12.0. The van der Waals surface area contributed by atoms with Crippen LogP contribution >= 0.6 is 0 Å². The highest BCUT2D eigenvalue weighted by Gasteiger charge is 2.24. The standard InChI is InChI=1S/C14H16F3N3O2/c1-19(8-11(21)20-6-4-18-5-7-20)14(22)9-2-3-10(15)13(17)12(9)16/h2-3,18H,4-8H2,1H3. The van der Waals surface area contributed by atoms with Crippen LogP contribution in [0.15, 0.2) is 12.1 Å². The Hall–Kier alpha value is -2.09. The maximum absolute atomic E-state index is 13.6. The summed E-state index contributed by atoms with van der Waals surface area (Å²) in [5, 5.41) is 3.09. The van der Waals surface area contributed by atoms with Gasteiger partial charge < -0.3 is 15.1 Å². The van der Waals surface area contributed by atoms with E-state index in [1.807, 2.05) is 0 Å². The SMILES string of the molecule is CN(CC(=O)N1CCNCC1)C(=O)c1ccc(F)c(F)c1F. The van der Waals surface area contributed by atoms with Crippen molar-refractivity contribution in [3.05, 3.63) is 35.1 Å². The van der Waals surface area contributed by atoms with Crippen LogP contribution in [0.1, 0.15) is 10.4 Å². The molecule has 22 heavy (non-hydrogen) atoms. The molecule has 1 aromatic rings. The van der Waals surface area contributed by atoms with Crippen LogP contribution in [0.25, 0.3) is 0 Å². The van der Waals surface area contributed by atoms with E-state index in [9.17, 15) is 22.8 Å². The predicted molar refractivity (Wildman–Crippen MR) is 72.7 cm³/mol. The van der Waals surface area contributed by atoms with Crippen molar-refractivity contribution in [3.63, 3.8) is 0 Å². The van der Waals surface area contributed by atoms with Crippen molar-refractivity contribution >= 4 is 11.8 Å². The summed E-state index contributed by atoms with van der Waals surface area (Å²) in [6, 6.07) is 1.54.